The average molecular weight is 377 g/mol. The van der Waals surface area contributed by atoms with Crippen LogP contribution in [-0.4, -0.2) is 19.7 Å². The highest BCUT2D eigenvalue weighted by molar-refractivity contribution is 9.10. The van der Waals surface area contributed by atoms with Crippen LogP contribution in [-0.2, 0) is 5.67 Å². The number of H-pyrrole nitrogens is 1. The van der Waals surface area contributed by atoms with Gasteiger partial charge in [-0.2, -0.15) is 0 Å². The van der Waals surface area contributed by atoms with Gasteiger partial charge in [0.15, 0.2) is 11.3 Å². The van der Waals surface area contributed by atoms with Crippen molar-refractivity contribution in [1.82, 2.24) is 19.7 Å². The number of alkyl halides is 1. The number of benzene rings is 1. The minimum atomic E-state index is -1.49. The molecule has 0 unspecified atom stereocenters. The molecule has 23 heavy (non-hydrogen) atoms. The SMILES string of the molecule is Cc1cc(Br)cc(C)c1-n1cc2c(=O)[nH]c(C3(F)CC3)nc2n1. The molecule has 5 nitrogen and oxygen atoms in total. The third-order valence-corrected chi connectivity index (χ3v) is 4.65. The summed E-state index contributed by atoms with van der Waals surface area (Å²) in [6, 6.07) is 3.97. The Morgan fingerprint density at radius 2 is 1.96 bits per heavy atom. The second kappa shape index (κ2) is 4.74. The Bertz CT molecular complexity index is 980. The van der Waals surface area contributed by atoms with Gasteiger partial charge in [-0.25, -0.2) is 14.1 Å². The van der Waals surface area contributed by atoms with E-state index in [2.05, 4.69) is 31.0 Å². The third-order valence-electron chi connectivity index (χ3n) is 4.19. The normalized spacial score (nSPS) is 16.0. The molecule has 118 valence electrons. The molecule has 0 aliphatic heterocycles. The first-order chi connectivity index (χ1) is 10.9. The number of nitrogens with zero attached hydrogens (tertiary/aromatic N) is 3. The maximum Gasteiger partial charge on any atom is 0.262 e. The minimum absolute atomic E-state index is 0.0875. The van der Waals surface area contributed by atoms with E-state index in [9.17, 15) is 9.18 Å². The highest BCUT2D eigenvalue weighted by Crippen LogP contribution is 2.47. The number of aromatic amines is 1. The van der Waals surface area contributed by atoms with Crippen molar-refractivity contribution in [2.45, 2.75) is 32.4 Å². The molecule has 1 aliphatic rings. The van der Waals surface area contributed by atoms with Gasteiger partial charge < -0.3 is 4.98 Å². The van der Waals surface area contributed by atoms with Crippen LogP contribution in [0.2, 0.25) is 0 Å². The summed E-state index contributed by atoms with van der Waals surface area (Å²) in [7, 11) is 0. The van der Waals surface area contributed by atoms with Gasteiger partial charge in [0, 0.05) is 10.7 Å². The van der Waals surface area contributed by atoms with Gasteiger partial charge in [0.05, 0.1) is 5.69 Å². The lowest BCUT2D eigenvalue weighted by Crippen LogP contribution is -2.15. The largest absolute Gasteiger partial charge is 0.307 e. The summed E-state index contributed by atoms with van der Waals surface area (Å²) in [6.45, 7) is 3.95. The second-order valence-corrected chi connectivity index (χ2v) is 6.99. The summed E-state index contributed by atoms with van der Waals surface area (Å²) in [5.74, 6) is 0.0875. The van der Waals surface area contributed by atoms with Crippen LogP contribution in [0.4, 0.5) is 4.39 Å². The van der Waals surface area contributed by atoms with Crippen LogP contribution < -0.4 is 5.56 Å². The highest BCUT2D eigenvalue weighted by atomic mass is 79.9. The van der Waals surface area contributed by atoms with Crippen molar-refractivity contribution in [3.63, 3.8) is 0 Å². The maximum absolute atomic E-state index is 14.2. The first-order valence-electron chi connectivity index (χ1n) is 7.34. The molecule has 0 saturated heterocycles. The van der Waals surface area contributed by atoms with E-state index in [1.54, 1.807) is 10.9 Å². The average Bonchev–Trinajstić information content (AvgIpc) is 3.06. The molecule has 1 aromatic carbocycles. The van der Waals surface area contributed by atoms with Crippen LogP contribution in [0.3, 0.4) is 0 Å². The van der Waals surface area contributed by atoms with Crippen LogP contribution in [0.15, 0.2) is 27.6 Å². The number of aryl methyl sites for hydroxylation is 2. The summed E-state index contributed by atoms with van der Waals surface area (Å²) in [6.07, 6.45) is 2.44. The third kappa shape index (κ3) is 2.30. The topological polar surface area (TPSA) is 63.6 Å². The Morgan fingerprint density at radius 1 is 1.30 bits per heavy atom. The molecule has 1 N–H and O–H groups in total. The van der Waals surface area contributed by atoms with Gasteiger partial charge in [-0.3, -0.25) is 4.79 Å². The molecule has 0 spiro atoms. The van der Waals surface area contributed by atoms with Gasteiger partial charge in [0.25, 0.3) is 5.56 Å². The molecule has 1 fully saturated rings. The summed E-state index contributed by atoms with van der Waals surface area (Å²) < 4.78 is 16.8. The predicted molar refractivity (Wildman–Crippen MR) is 88.7 cm³/mol. The molecule has 1 saturated carbocycles. The van der Waals surface area contributed by atoms with E-state index >= 15 is 0 Å². The van der Waals surface area contributed by atoms with E-state index in [1.165, 1.54) is 0 Å². The monoisotopic (exact) mass is 376 g/mol. The number of rotatable bonds is 2. The molecule has 0 radical (unpaired) electrons. The van der Waals surface area contributed by atoms with Crippen molar-refractivity contribution in [2.75, 3.05) is 0 Å². The molecule has 2 aromatic heterocycles. The molecule has 1 aliphatic carbocycles. The molecule has 2 heterocycles. The summed E-state index contributed by atoms with van der Waals surface area (Å²) >= 11 is 3.47. The van der Waals surface area contributed by atoms with Gasteiger partial charge in [-0.05, 0) is 49.9 Å². The van der Waals surface area contributed by atoms with E-state index in [0.717, 1.165) is 21.3 Å². The van der Waals surface area contributed by atoms with E-state index in [4.69, 9.17) is 0 Å². The fourth-order valence-corrected chi connectivity index (χ4v) is 3.54. The number of aromatic nitrogens is 4. The van der Waals surface area contributed by atoms with Gasteiger partial charge in [-0.15, -0.1) is 5.10 Å². The van der Waals surface area contributed by atoms with E-state index in [1.807, 2.05) is 26.0 Å². The second-order valence-electron chi connectivity index (χ2n) is 6.08. The Morgan fingerprint density at radius 3 is 2.57 bits per heavy atom. The number of fused-ring (bicyclic) bond motifs is 1. The standard InChI is InChI=1S/C16H14BrFN4O/c1-8-5-10(17)6-9(2)12(8)22-7-11-13(21-22)19-15(20-14(11)23)16(18)3-4-16/h5-7H,3-4H2,1-2H3,(H,19,20,21,23). The van der Waals surface area contributed by atoms with Crippen molar-refractivity contribution in [2.24, 2.45) is 0 Å². The van der Waals surface area contributed by atoms with E-state index in [-0.39, 0.29) is 17.0 Å². The van der Waals surface area contributed by atoms with Crippen molar-refractivity contribution in [3.8, 4) is 5.69 Å². The molecule has 4 rings (SSSR count). The zero-order valence-electron chi connectivity index (χ0n) is 12.7. The zero-order valence-corrected chi connectivity index (χ0v) is 14.2. The number of nitrogens with one attached hydrogen (secondary N) is 1. The van der Waals surface area contributed by atoms with Crippen LogP contribution in [0.1, 0.15) is 29.8 Å². The Balaban J connectivity index is 1.93. The molecule has 3 aromatic rings. The number of hydrogen-bond donors (Lipinski definition) is 1. The Hall–Kier alpha value is -2.02. The maximum atomic E-state index is 14.2. The van der Waals surface area contributed by atoms with Crippen LogP contribution >= 0.6 is 15.9 Å². The van der Waals surface area contributed by atoms with E-state index < -0.39 is 5.67 Å². The van der Waals surface area contributed by atoms with Crippen molar-refractivity contribution in [3.05, 3.63) is 50.1 Å². The smallest absolute Gasteiger partial charge is 0.262 e. The lowest BCUT2D eigenvalue weighted by molar-refractivity contribution is 0.300. The summed E-state index contributed by atoms with van der Waals surface area (Å²) in [4.78, 5) is 19.0. The first kappa shape index (κ1) is 14.6. The fourth-order valence-electron chi connectivity index (χ4n) is 2.85. The minimum Gasteiger partial charge on any atom is -0.307 e. The van der Waals surface area contributed by atoms with E-state index in [0.29, 0.717) is 18.2 Å². The summed E-state index contributed by atoms with van der Waals surface area (Å²) in [5.41, 5.74) is 1.37. The first-order valence-corrected chi connectivity index (χ1v) is 8.13. The summed E-state index contributed by atoms with van der Waals surface area (Å²) in [5, 5.41) is 4.76. The molecule has 0 atom stereocenters. The Labute approximate surface area is 139 Å². The molecule has 7 heteroatoms. The molecular formula is C16H14BrFN4O. The molecule has 0 bridgehead atoms. The van der Waals surface area contributed by atoms with Crippen LogP contribution in [0.5, 0.6) is 0 Å². The molecule has 0 amide bonds. The highest BCUT2D eigenvalue weighted by Gasteiger charge is 2.48. The fraction of sp³-hybridized carbons (Fsp3) is 0.312. The van der Waals surface area contributed by atoms with Gasteiger partial charge in [-0.1, -0.05) is 15.9 Å². The van der Waals surface area contributed by atoms with Crippen molar-refractivity contribution >= 4 is 27.0 Å². The Kier molecular flexibility index (Phi) is 3.00. The van der Waals surface area contributed by atoms with Crippen LogP contribution in [0, 0.1) is 13.8 Å². The lowest BCUT2D eigenvalue weighted by atomic mass is 10.1. The van der Waals surface area contributed by atoms with Gasteiger partial charge >= 0.3 is 0 Å². The van der Waals surface area contributed by atoms with Crippen molar-refractivity contribution < 1.29 is 4.39 Å². The lowest BCUT2D eigenvalue weighted by Gasteiger charge is -2.10. The van der Waals surface area contributed by atoms with Crippen LogP contribution in [0.25, 0.3) is 16.7 Å². The van der Waals surface area contributed by atoms with Gasteiger partial charge in [0.1, 0.15) is 11.2 Å². The van der Waals surface area contributed by atoms with Gasteiger partial charge in [0.2, 0.25) is 0 Å². The number of halogens is 2. The van der Waals surface area contributed by atoms with Crippen molar-refractivity contribution in [1.29, 1.82) is 0 Å². The predicted octanol–water partition coefficient (Wildman–Crippen LogP) is 3.45. The zero-order chi connectivity index (χ0) is 16.4. The molecular weight excluding hydrogens is 363 g/mol. The quantitative estimate of drug-likeness (QED) is 0.744. The number of hydrogen-bond acceptors (Lipinski definition) is 3.